The summed E-state index contributed by atoms with van der Waals surface area (Å²) in [5.41, 5.74) is 0.618. The normalized spacial score (nSPS) is 15.1. The largest absolute Gasteiger partial charge is 0.336 e. The number of amides is 1. The van der Waals surface area contributed by atoms with Crippen molar-refractivity contribution >= 4 is 17.5 Å². The Hall–Kier alpha value is -1.02. The van der Waals surface area contributed by atoms with Gasteiger partial charge in [0, 0.05) is 12.6 Å². The molecule has 1 aromatic rings. The van der Waals surface area contributed by atoms with Crippen molar-refractivity contribution in [3.05, 3.63) is 34.9 Å². The first-order valence-electron chi connectivity index (χ1n) is 5.29. The van der Waals surface area contributed by atoms with Crippen LogP contribution in [-0.2, 0) is 0 Å². The second-order valence-corrected chi connectivity index (χ2v) is 4.21. The summed E-state index contributed by atoms with van der Waals surface area (Å²) in [6.45, 7) is 2.77. The molecule has 1 aromatic carbocycles. The molecule has 2 nitrogen and oxygen atoms in total. The van der Waals surface area contributed by atoms with E-state index in [0.29, 0.717) is 16.6 Å². The summed E-state index contributed by atoms with van der Waals surface area (Å²) in [6.07, 6.45) is 2.26. The van der Waals surface area contributed by atoms with Crippen molar-refractivity contribution in [3.8, 4) is 0 Å². The lowest BCUT2D eigenvalue weighted by Gasteiger charge is -2.20. The van der Waals surface area contributed by atoms with Crippen molar-refractivity contribution in [1.29, 1.82) is 0 Å². The summed E-state index contributed by atoms with van der Waals surface area (Å²) in [4.78, 5) is 14.0. The van der Waals surface area contributed by atoms with Crippen LogP contribution in [-0.4, -0.2) is 23.4 Å². The fourth-order valence-corrected chi connectivity index (χ4v) is 1.96. The van der Waals surface area contributed by atoms with E-state index in [-0.39, 0.29) is 5.91 Å². The summed E-state index contributed by atoms with van der Waals surface area (Å²) in [5.74, 6) is 0.0607. The van der Waals surface area contributed by atoms with Crippen LogP contribution in [0.2, 0.25) is 5.02 Å². The zero-order valence-electron chi connectivity index (χ0n) is 8.74. The van der Waals surface area contributed by atoms with Gasteiger partial charge in [-0.05, 0) is 31.9 Å². The Balaban J connectivity index is 2.22. The van der Waals surface area contributed by atoms with Gasteiger partial charge in [0.1, 0.15) is 0 Å². The molecule has 2 rings (SSSR count). The Morgan fingerprint density at radius 3 is 2.67 bits per heavy atom. The third-order valence-corrected chi connectivity index (χ3v) is 3.02. The third-order valence-electron chi connectivity index (χ3n) is 2.69. The summed E-state index contributed by atoms with van der Waals surface area (Å²) in [7, 11) is 0. The molecule has 0 aliphatic heterocycles. The molecule has 0 unspecified atom stereocenters. The van der Waals surface area contributed by atoms with E-state index in [1.807, 2.05) is 24.0 Å². The predicted molar refractivity (Wildman–Crippen MR) is 61.2 cm³/mol. The molecule has 0 heterocycles. The zero-order valence-corrected chi connectivity index (χ0v) is 9.50. The maximum absolute atomic E-state index is 12.1. The summed E-state index contributed by atoms with van der Waals surface area (Å²) >= 11 is 6.00. The number of hydrogen-bond donors (Lipinski definition) is 0. The monoisotopic (exact) mass is 223 g/mol. The van der Waals surface area contributed by atoms with Crippen molar-refractivity contribution in [2.24, 2.45) is 0 Å². The number of hydrogen-bond acceptors (Lipinski definition) is 1. The van der Waals surface area contributed by atoms with E-state index in [0.717, 1.165) is 19.4 Å². The van der Waals surface area contributed by atoms with Gasteiger partial charge in [-0.1, -0.05) is 23.7 Å². The highest BCUT2D eigenvalue weighted by Gasteiger charge is 2.32. The van der Waals surface area contributed by atoms with Crippen molar-refractivity contribution < 1.29 is 4.79 Å². The van der Waals surface area contributed by atoms with Gasteiger partial charge in [-0.25, -0.2) is 0 Å². The van der Waals surface area contributed by atoms with Gasteiger partial charge < -0.3 is 4.90 Å². The molecule has 0 spiro atoms. The van der Waals surface area contributed by atoms with Gasteiger partial charge in [0.2, 0.25) is 0 Å². The molecule has 1 aliphatic carbocycles. The van der Waals surface area contributed by atoms with Gasteiger partial charge >= 0.3 is 0 Å². The number of carbonyl (C=O) groups excluding carboxylic acids is 1. The van der Waals surface area contributed by atoms with E-state index in [1.165, 1.54) is 0 Å². The molecule has 15 heavy (non-hydrogen) atoms. The number of nitrogens with zero attached hydrogens (tertiary/aromatic N) is 1. The maximum atomic E-state index is 12.1. The van der Waals surface area contributed by atoms with Crippen molar-refractivity contribution in [3.63, 3.8) is 0 Å². The van der Waals surface area contributed by atoms with Gasteiger partial charge in [-0.15, -0.1) is 0 Å². The Morgan fingerprint density at radius 1 is 1.47 bits per heavy atom. The van der Waals surface area contributed by atoms with Crippen molar-refractivity contribution in [1.82, 2.24) is 4.90 Å². The minimum Gasteiger partial charge on any atom is -0.336 e. The van der Waals surface area contributed by atoms with Crippen LogP contribution < -0.4 is 0 Å². The lowest BCUT2D eigenvalue weighted by Crippen LogP contribution is -2.32. The molecule has 80 valence electrons. The van der Waals surface area contributed by atoms with Crippen LogP contribution in [0.1, 0.15) is 30.1 Å². The van der Waals surface area contributed by atoms with Crippen LogP contribution in [0.15, 0.2) is 24.3 Å². The van der Waals surface area contributed by atoms with Gasteiger partial charge in [0.25, 0.3) is 5.91 Å². The minimum atomic E-state index is 0.0607. The van der Waals surface area contributed by atoms with Crippen LogP contribution in [0.3, 0.4) is 0 Å². The van der Waals surface area contributed by atoms with Gasteiger partial charge in [0.15, 0.2) is 0 Å². The first-order valence-corrected chi connectivity index (χ1v) is 5.67. The second-order valence-electron chi connectivity index (χ2n) is 3.80. The average molecular weight is 224 g/mol. The maximum Gasteiger partial charge on any atom is 0.255 e. The first kappa shape index (κ1) is 10.5. The Kier molecular flexibility index (Phi) is 2.96. The molecule has 0 bridgehead atoms. The van der Waals surface area contributed by atoms with E-state index in [4.69, 9.17) is 11.6 Å². The quantitative estimate of drug-likeness (QED) is 0.772. The molecule has 1 amide bonds. The lowest BCUT2D eigenvalue weighted by atomic mass is 10.2. The smallest absolute Gasteiger partial charge is 0.255 e. The highest BCUT2D eigenvalue weighted by Crippen LogP contribution is 2.29. The predicted octanol–water partition coefficient (Wildman–Crippen LogP) is 2.96. The molecule has 0 radical (unpaired) electrons. The number of halogens is 1. The summed E-state index contributed by atoms with van der Waals surface area (Å²) in [5, 5.41) is 0.543. The summed E-state index contributed by atoms with van der Waals surface area (Å²) in [6, 6.07) is 7.68. The molecule has 1 saturated carbocycles. The van der Waals surface area contributed by atoms with Crippen LogP contribution >= 0.6 is 11.6 Å². The lowest BCUT2D eigenvalue weighted by molar-refractivity contribution is 0.0753. The highest BCUT2D eigenvalue weighted by molar-refractivity contribution is 6.33. The van der Waals surface area contributed by atoms with E-state index in [9.17, 15) is 4.79 Å². The molecular weight excluding hydrogens is 210 g/mol. The van der Waals surface area contributed by atoms with Crippen LogP contribution in [0.25, 0.3) is 0 Å². The van der Waals surface area contributed by atoms with E-state index in [1.54, 1.807) is 12.1 Å². The van der Waals surface area contributed by atoms with Crippen LogP contribution in [0.4, 0.5) is 0 Å². The van der Waals surface area contributed by atoms with E-state index >= 15 is 0 Å². The van der Waals surface area contributed by atoms with Gasteiger partial charge in [0.05, 0.1) is 10.6 Å². The van der Waals surface area contributed by atoms with E-state index < -0.39 is 0 Å². The van der Waals surface area contributed by atoms with Gasteiger partial charge in [-0.3, -0.25) is 4.79 Å². The molecule has 0 N–H and O–H groups in total. The fourth-order valence-electron chi connectivity index (χ4n) is 1.74. The van der Waals surface area contributed by atoms with Crippen LogP contribution in [0.5, 0.6) is 0 Å². The molecule has 0 atom stereocenters. The number of benzene rings is 1. The number of carbonyl (C=O) groups is 1. The second kappa shape index (κ2) is 4.23. The van der Waals surface area contributed by atoms with Gasteiger partial charge in [-0.2, -0.15) is 0 Å². The van der Waals surface area contributed by atoms with Crippen molar-refractivity contribution in [2.45, 2.75) is 25.8 Å². The molecule has 1 fully saturated rings. The Morgan fingerprint density at radius 2 is 2.13 bits per heavy atom. The van der Waals surface area contributed by atoms with E-state index in [2.05, 4.69) is 0 Å². The number of rotatable bonds is 3. The van der Waals surface area contributed by atoms with Crippen molar-refractivity contribution in [2.75, 3.05) is 6.54 Å². The molecular formula is C12H14ClNO. The molecule has 3 heteroatoms. The molecule has 0 aromatic heterocycles. The standard InChI is InChI=1S/C12H14ClNO/c1-2-14(9-7-8-9)12(15)10-5-3-4-6-11(10)13/h3-6,9H,2,7-8H2,1H3. The third kappa shape index (κ3) is 2.15. The molecule has 0 saturated heterocycles. The average Bonchev–Trinajstić information content (AvgIpc) is 3.03. The Bertz CT molecular complexity index is 374. The zero-order chi connectivity index (χ0) is 10.8. The fraction of sp³-hybridized carbons (Fsp3) is 0.417. The minimum absolute atomic E-state index is 0.0607. The SMILES string of the molecule is CCN(C(=O)c1ccccc1Cl)C1CC1. The summed E-state index contributed by atoms with van der Waals surface area (Å²) < 4.78 is 0. The van der Waals surface area contributed by atoms with Crippen LogP contribution in [0, 0.1) is 0 Å². The topological polar surface area (TPSA) is 20.3 Å². The highest BCUT2D eigenvalue weighted by atomic mass is 35.5. The Labute approximate surface area is 94.8 Å². The molecule has 1 aliphatic rings. The first-order chi connectivity index (χ1) is 7.24.